The van der Waals surface area contributed by atoms with Gasteiger partial charge in [0.1, 0.15) is 0 Å². The van der Waals surface area contributed by atoms with E-state index < -0.39 is 0 Å². The molecular formula is C15H16N4O2S. The third-order valence-corrected chi connectivity index (χ3v) is 4.98. The highest BCUT2D eigenvalue weighted by molar-refractivity contribution is 7.22. The third kappa shape index (κ3) is 2.09. The average molecular weight is 316 g/mol. The average Bonchev–Trinajstić information content (AvgIpc) is 3.17. The summed E-state index contributed by atoms with van der Waals surface area (Å²) >= 11 is 1.67. The summed E-state index contributed by atoms with van der Waals surface area (Å²) < 4.78 is 13.8. The fourth-order valence-electron chi connectivity index (χ4n) is 2.62. The number of ether oxygens (including phenoxy) is 2. The lowest BCUT2D eigenvalue weighted by molar-refractivity contribution is 0.174. The van der Waals surface area contributed by atoms with Gasteiger partial charge in [0.2, 0.25) is 6.79 Å². The lowest BCUT2D eigenvalue weighted by Crippen LogP contribution is -2.16. The quantitative estimate of drug-likeness (QED) is 0.743. The number of fused-ring (bicyclic) bond motifs is 2. The van der Waals surface area contributed by atoms with Gasteiger partial charge in [-0.05, 0) is 24.6 Å². The Labute approximate surface area is 131 Å². The van der Waals surface area contributed by atoms with Crippen molar-refractivity contribution in [1.82, 2.24) is 14.8 Å². The number of hydrogen-bond acceptors (Lipinski definition) is 6. The van der Waals surface area contributed by atoms with Crippen molar-refractivity contribution in [3.8, 4) is 11.5 Å². The van der Waals surface area contributed by atoms with Crippen molar-refractivity contribution in [3.05, 3.63) is 29.5 Å². The van der Waals surface area contributed by atoms with E-state index in [0.29, 0.717) is 6.79 Å². The maximum absolute atomic E-state index is 5.43. The van der Waals surface area contributed by atoms with Crippen LogP contribution in [-0.2, 0) is 13.6 Å². The van der Waals surface area contributed by atoms with Gasteiger partial charge in [0.15, 0.2) is 22.3 Å². The minimum Gasteiger partial charge on any atom is -0.454 e. The molecule has 0 saturated carbocycles. The van der Waals surface area contributed by atoms with Gasteiger partial charge in [0.05, 0.1) is 10.4 Å². The summed E-state index contributed by atoms with van der Waals surface area (Å²) in [5.41, 5.74) is 3.13. The standard InChI is InChI=1S/C15H16N4O2S/c1-9-13-14(19(3)17-9)16-15(22-13)18(2)7-10-4-5-11-12(6-10)21-8-20-11/h4-6H,7-8H2,1-3H3. The maximum atomic E-state index is 5.43. The first-order valence-corrected chi connectivity index (χ1v) is 7.83. The molecule has 2 aromatic heterocycles. The molecule has 22 heavy (non-hydrogen) atoms. The Morgan fingerprint density at radius 2 is 2.14 bits per heavy atom. The number of rotatable bonds is 3. The zero-order valence-corrected chi connectivity index (χ0v) is 13.5. The summed E-state index contributed by atoms with van der Waals surface area (Å²) in [4.78, 5) is 6.83. The first-order chi connectivity index (χ1) is 10.6. The van der Waals surface area contributed by atoms with E-state index in [9.17, 15) is 0 Å². The van der Waals surface area contributed by atoms with Gasteiger partial charge in [-0.25, -0.2) is 9.67 Å². The van der Waals surface area contributed by atoms with E-state index in [1.54, 1.807) is 11.3 Å². The van der Waals surface area contributed by atoms with E-state index in [-0.39, 0.29) is 0 Å². The molecule has 1 aliphatic rings. The fourth-order valence-corrected chi connectivity index (χ4v) is 3.61. The molecule has 114 valence electrons. The highest BCUT2D eigenvalue weighted by atomic mass is 32.1. The molecule has 0 radical (unpaired) electrons. The van der Waals surface area contributed by atoms with Gasteiger partial charge in [-0.3, -0.25) is 0 Å². The van der Waals surface area contributed by atoms with Crippen LogP contribution in [0.2, 0.25) is 0 Å². The van der Waals surface area contributed by atoms with E-state index >= 15 is 0 Å². The number of anilines is 1. The molecule has 0 atom stereocenters. The van der Waals surface area contributed by atoms with Crippen LogP contribution in [0, 0.1) is 6.92 Å². The number of aryl methyl sites for hydroxylation is 2. The van der Waals surface area contributed by atoms with Crippen molar-refractivity contribution in [2.75, 3.05) is 18.7 Å². The Morgan fingerprint density at radius 1 is 1.32 bits per heavy atom. The molecule has 0 saturated heterocycles. The van der Waals surface area contributed by atoms with E-state index in [4.69, 9.17) is 14.5 Å². The van der Waals surface area contributed by atoms with Crippen molar-refractivity contribution in [3.63, 3.8) is 0 Å². The second-order valence-corrected chi connectivity index (χ2v) is 6.38. The SMILES string of the molecule is Cc1nn(C)c2nc(N(C)Cc3ccc4c(c3)OCO4)sc12. The first-order valence-electron chi connectivity index (χ1n) is 7.01. The largest absolute Gasteiger partial charge is 0.454 e. The topological polar surface area (TPSA) is 52.4 Å². The molecule has 0 unspecified atom stereocenters. The second-order valence-electron chi connectivity index (χ2n) is 5.40. The summed E-state index contributed by atoms with van der Waals surface area (Å²) in [6.45, 7) is 3.09. The molecule has 0 fully saturated rings. The molecule has 1 aliphatic heterocycles. The van der Waals surface area contributed by atoms with Crippen LogP contribution in [0.5, 0.6) is 11.5 Å². The molecule has 0 spiro atoms. The lowest BCUT2D eigenvalue weighted by Gasteiger charge is -2.15. The van der Waals surface area contributed by atoms with Gasteiger partial charge in [0.25, 0.3) is 0 Å². The van der Waals surface area contributed by atoms with Gasteiger partial charge in [-0.15, -0.1) is 0 Å². The summed E-state index contributed by atoms with van der Waals surface area (Å²) in [5.74, 6) is 1.63. The Bertz CT molecular complexity index is 820. The summed E-state index contributed by atoms with van der Waals surface area (Å²) in [7, 11) is 3.97. The Hall–Kier alpha value is -2.28. The Kier molecular flexibility index (Phi) is 2.97. The normalized spacial score (nSPS) is 13.0. The van der Waals surface area contributed by atoms with Crippen molar-refractivity contribution in [2.24, 2.45) is 7.05 Å². The van der Waals surface area contributed by atoms with Crippen LogP contribution in [0.4, 0.5) is 5.13 Å². The Morgan fingerprint density at radius 3 is 2.95 bits per heavy atom. The minimum atomic E-state index is 0.304. The van der Waals surface area contributed by atoms with Crippen LogP contribution >= 0.6 is 11.3 Å². The fraction of sp³-hybridized carbons (Fsp3) is 0.333. The van der Waals surface area contributed by atoms with E-state index in [2.05, 4.69) is 16.1 Å². The van der Waals surface area contributed by atoms with Crippen LogP contribution in [0.3, 0.4) is 0 Å². The lowest BCUT2D eigenvalue weighted by atomic mass is 10.2. The monoisotopic (exact) mass is 316 g/mol. The molecule has 4 rings (SSSR count). The molecule has 0 aliphatic carbocycles. The van der Waals surface area contributed by atoms with Crippen LogP contribution in [0.1, 0.15) is 11.3 Å². The molecule has 0 bridgehead atoms. The van der Waals surface area contributed by atoms with Crippen molar-refractivity contribution >= 4 is 26.8 Å². The molecule has 7 heteroatoms. The highest BCUT2D eigenvalue weighted by Crippen LogP contribution is 2.34. The number of hydrogen-bond donors (Lipinski definition) is 0. The second kappa shape index (κ2) is 4.88. The number of benzene rings is 1. The van der Waals surface area contributed by atoms with Crippen LogP contribution in [0.15, 0.2) is 18.2 Å². The van der Waals surface area contributed by atoms with Gasteiger partial charge in [0, 0.05) is 20.6 Å². The number of nitrogens with zero attached hydrogens (tertiary/aromatic N) is 4. The molecule has 1 aromatic carbocycles. The Balaban J connectivity index is 1.60. The molecular weight excluding hydrogens is 300 g/mol. The van der Waals surface area contributed by atoms with Crippen molar-refractivity contribution < 1.29 is 9.47 Å². The van der Waals surface area contributed by atoms with Crippen LogP contribution < -0.4 is 14.4 Å². The molecule has 3 aromatic rings. The summed E-state index contributed by atoms with van der Waals surface area (Å²) in [5, 5.41) is 5.38. The predicted molar refractivity (Wildman–Crippen MR) is 85.8 cm³/mol. The molecule has 3 heterocycles. The van der Waals surface area contributed by atoms with E-state index in [1.165, 1.54) is 5.56 Å². The maximum Gasteiger partial charge on any atom is 0.231 e. The molecule has 0 amide bonds. The molecule has 0 N–H and O–H groups in total. The zero-order chi connectivity index (χ0) is 15.3. The molecule has 6 nitrogen and oxygen atoms in total. The highest BCUT2D eigenvalue weighted by Gasteiger charge is 2.17. The van der Waals surface area contributed by atoms with E-state index in [1.807, 2.05) is 37.8 Å². The van der Waals surface area contributed by atoms with Crippen molar-refractivity contribution in [2.45, 2.75) is 13.5 Å². The van der Waals surface area contributed by atoms with Crippen LogP contribution in [-0.4, -0.2) is 28.6 Å². The third-order valence-electron chi connectivity index (χ3n) is 3.72. The van der Waals surface area contributed by atoms with Gasteiger partial charge in [-0.1, -0.05) is 17.4 Å². The smallest absolute Gasteiger partial charge is 0.231 e. The van der Waals surface area contributed by atoms with Gasteiger partial charge >= 0.3 is 0 Å². The van der Waals surface area contributed by atoms with Crippen LogP contribution in [0.25, 0.3) is 10.3 Å². The summed E-state index contributed by atoms with van der Waals surface area (Å²) in [6.07, 6.45) is 0. The summed E-state index contributed by atoms with van der Waals surface area (Å²) in [6, 6.07) is 6.04. The predicted octanol–water partition coefficient (Wildman–Crippen LogP) is 2.70. The van der Waals surface area contributed by atoms with Crippen molar-refractivity contribution in [1.29, 1.82) is 0 Å². The van der Waals surface area contributed by atoms with E-state index in [0.717, 1.165) is 39.2 Å². The first kappa shape index (κ1) is 13.4. The van der Waals surface area contributed by atoms with Gasteiger partial charge in [-0.2, -0.15) is 5.10 Å². The minimum absolute atomic E-state index is 0.304. The number of thiazole rings is 1. The zero-order valence-electron chi connectivity index (χ0n) is 12.7. The van der Waals surface area contributed by atoms with Gasteiger partial charge < -0.3 is 14.4 Å². The number of aromatic nitrogens is 3.